The number of H-pyrrole nitrogens is 1. The highest BCUT2D eigenvalue weighted by Gasteiger charge is 2.27. The standard InChI is InChI=1S/C14H21N7O2/c1-2-3-12-17-14(19-18-12)11-8-20(6-7-23-11)13(22)4-5-21-10-15-9-16-21/h9-11H,2-8H2,1H3,(H,17,18,19)/t11-/m0/s1. The molecule has 23 heavy (non-hydrogen) atoms. The lowest BCUT2D eigenvalue weighted by atomic mass is 10.2. The van der Waals surface area contributed by atoms with Crippen LogP contribution in [-0.4, -0.2) is 60.4 Å². The molecule has 9 nitrogen and oxygen atoms in total. The summed E-state index contributed by atoms with van der Waals surface area (Å²) < 4.78 is 7.37. The number of nitrogens with zero attached hydrogens (tertiary/aromatic N) is 6. The van der Waals surface area contributed by atoms with Crippen LogP contribution >= 0.6 is 0 Å². The molecule has 1 atom stereocenters. The van der Waals surface area contributed by atoms with E-state index in [0.29, 0.717) is 38.5 Å². The molecule has 1 aliphatic rings. The Balaban J connectivity index is 1.55. The maximum absolute atomic E-state index is 12.3. The van der Waals surface area contributed by atoms with Crippen LogP contribution < -0.4 is 0 Å². The Kier molecular flexibility index (Phi) is 4.96. The van der Waals surface area contributed by atoms with E-state index in [9.17, 15) is 4.79 Å². The van der Waals surface area contributed by atoms with Gasteiger partial charge in [0.2, 0.25) is 5.91 Å². The van der Waals surface area contributed by atoms with Crippen LogP contribution in [0, 0.1) is 0 Å². The summed E-state index contributed by atoms with van der Waals surface area (Å²) in [6, 6.07) is 0. The van der Waals surface area contributed by atoms with E-state index < -0.39 is 0 Å². The van der Waals surface area contributed by atoms with Gasteiger partial charge in [0.25, 0.3) is 0 Å². The van der Waals surface area contributed by atoms with Gasteiger partial charge in [0, 0.05) is 19.4 Å². The van der Waals surface area contributed by atoms with Crippen LogP contribution in [0.4, 0.5) is 0 Å². The van der Waals surface area contributed by atoms with Gasteiger partial charge in [-0.15, -0.1) is 0 Å². The summed E-state index contributed by atoms with van der Waals surface area (Å²) in [4.78, 5) is 22.5. The van der Waals surface area contributed by atoms with Crippen molar-refractivity contribution in [2.24, 2.45) is 0 Å². The SMILES string of the molecule is CCCc1nc([C@@H]2CN(C(=O)CCn3cncn3)CCO2)n[nH]1. The third-order valence-electron chi connectivity index (χ3n) is 3.76. The zero-order valence-electron chi connectivity index (χ0n) is 13.2. The summed E-state index contributed by atoms with van der Waals surface area (Å²) in [7, 11) is 0. The average molecular weight is 319 g/mol. The maximum Gasteiger partial charge on any atom is 0.224 e. The zero-order chi connectivity index (χ0) is 16.1. The topological polar surface area (TPSA) is 102 Å². The summed E-state index contributed by atoms with van der Waals surface area (Å²) >= 11 is 0. The Morgan fingerprint density at radius 3 is 3.22 bits per heavy atom. The normalized spacial score (nSPS) is 18.3. The fraction of sp³-hybridized carbons (Fsp3) is 0.643. The van der Waals surface area contributed by atoms with Gasteiger partial charge in [-0.2, -0.15) is 10.2 Å². The minimum Gasteiger partial charge on any atom is -0.366 e. The fourth-order valence-corrected chi connectivity index (χ4v) is 2.55. The van der Waals surface area contributed by atoms with Crippen molar-refractivity contribution in [3.05, 3.63) is 24.3 Å². The number of aryl methyl sites for hydroxylation is 2. The molecule has 0 bridgehead atoms. The molecule has 1 saturated heterocycles. The van der Waals surface area contributed by atoms with Crippen molar-refractivity contribution < 1.29 is 9.53 Å². The van der Waals surface area contributed by atoms with Crippen LogP contribution in [0.3, 0.4) is 0 Å². The predicted molar refractivity (Wildman–Crippen MR) is 80.3 cm³/mol. The van der Waals surface area contributed by atoms with Crippen LogP contribution in [0.25, 0.3) is 0 Å². The molecule has 3 heterocycles. The molecule has 3 rings (SSSR count). The van der Waals surface area contributed by atoms with Crippen LogP contribution in [0.5, 0.6) is 0 Å². The number of carbonyl (C=O) groups is 1. The fourth-order valence-electron chi connectivity index (χ4n) is 2.55. The molecule has 1 aliphatic heterocycles. The van der Waals surface area contributed by atoms with E-state index >= 15 is 0 Å². The van der Waals surface area contributed by atoms with E-state index in [2.05, 4.69) is 32.2 Å². The molecule has 9 heteroatoms. The Morgan fingerprint density at radius 1 is 1.52 bits per heavy atom. The van der Waals surface area contributed by atoms with Crippen molar-refractivity contribution in [1.82, 2.24) is 34.8 Å². The molecular weight excluding hydrogens is 298 g/mol. The van der Waals surface area contributed by atoms with E-state index in [0.717, 1.165) is 18.7 Å². The molecule has 0 aliphatic carbocycles. The highest BCUT2D eigenvalue weighted by atomic mass is 16.5. The third-order valence-corrected chi connectivity index (χ3v) is 3.76. The molecular formula is C14H21N7O2. The predicted octanol–water partition coefficient (Wildman–Crippen LogP) is 0.339. The van der Waals surface area contributed by atoms with Crippen molar-refractivity contribution in [2.75, 3.05) is 19.7 Å². The van der Waals surface area contributed by atoms with Gasteiger partial charge in [-0.05, 0) is 6.42 Å². The number of rotatable bonds is 6. The lowest BCUT2D eigenvalue weighted by molar-refractivity contribution is -0.139. The number of ether oxygens (including phenoxy) is 1. The van der Waals surface area contributed by atoms with Crippen LogP contribution in [0.15, 0.2) is 12.7 Å². The van der Waals surface area contributed by atoms with E-state index in [1.54, 1.807) is 15.9 Å². The van der Waals surface area contributed by atoms with Gasteiger partial charge in [-0.25, -0.2) is 9.97 Å². The van der Waals surface area contributed by atoms with Gasteiger partial charge in [-0.1, -0.05) is 6.92 Å². The van der Waals surface area contributed by atoms with E-state index in [1.165, 1.54) is 6.33 Å². The molecule has 1 N–H and O–H groups in total. The van der Waals surface area contributed by atoms with Crippen LogP contribution in [0.2, 0.25) is 0 Å². The number of hydrogen-bond donors (Lipinski definition) is 1. The minimum absolute atomic E-state index is 0.0816. The molecule has 1 fully saturated rings. The molecule has 0 spiro atoms. The number of aromatic amines is 1. The molecule has 0 unspecified atom stereocenters. The number of hydrogen-bond acceptors (Lipinski definition) is 6. The Morgan fingerprint density at radius 2 is 2.43 bits per heavy atom. The first kappa shape index (κ1) is 15.6. The lowest BCUT2D eigenvalue weighted by Crippen LogP contribution is -2.42. The van der Waals surface area contributed by atoms with Gasteiger partial charge in [0.05, 0.1) is 19.7 Å². The maximum atomic E-state index is 12.3. The Hall–Kier alpha value is -2.29. The zero-order valence-corrected chi connectivity index (χ0v) is 13.2. The van der Waals surface area contributed by atoms with Crippen molar-refractivity contribution in [2.45, 2.75) is 38.8 Å². The van der Waals surface area contributed by atoms with Gasteiger partial charge in [-0.3, -0.25) is 14.6 Å². The van der Waals surface area contributed by atoms with E-state index in [-0.39, 0.29) is 12.0 Å². The summed E-state index contributed by atoms with van der Waals surface area (Å²) in [5.74, 6) is 1.57. The molecule has 2 aromatic rings. The van der Waals surface area contributed by atoms with Crippen molar-refractivity contribution in [1.29, 1.82) is 0 Å². The Labute approximate surface area is 134 Å². The molecule has 0 saturated carbocycles. The van der Waals surface area contributed by atoms with Crippen molar-refractivity contribution in [3.8, 4) is 0 Å². The number of amides is 1. The van der Waals surface area contributed by atoms with E-state index in [4.69, 9.17) is 4.74 Å². The Bertz CT molecular complexity index is 625. The third kappa shape index (κ3) is 3.92. The van der Waals surface area contributed by atoms with Gasteiger partial charge >= 0.3 is 0 Å². The first-order valence-electron chi connectivity index (χ1n) is 7.89. The van der Waals surface area contributed by atoms with E-state index in [1.807, 2.05) is 0 Å². The molecule has 0 aromatic carbocycles. The second kappa shape index (κ2) is 7.32. The summed E-state index contributed by atoms with van der Waals surface area (Å²) in [5.41, 5.74) is 0. The van der Waals surface area contributed by atoms with Gasteiger partial charge in [0.1, 0.15) is 24.6 Å². The molecule has 124 valence electrons. The van der Waals surface area contributed by atoms with Crippen LogP contribution in [-0.2, 0) is 22.5 Å². The van der Waals surface area contributed by atoms with Gasteiger partial charge in [0.15, 0.2) is 5.82 Å². The first-order valence-corrected chi connectivity index (χ1v) is 7.89. The number of carbonyl (C=O) groups excluding carboxylic acids is 1. The lowest BCUT2D eigenvalue weighted by Gasteiger charge is -2.31. The second-order valence-electron chi connectivity index (χ2n) is 5.50. The van der Waals surface area contributed by atoms with Crippen molar-refractivity contribution >= 4 is 5.91 Å². The number of morpholine rings is 1. The minimum atomic E-state index is -0.263. The number of nitrogens with one attached hydrogen (secondary N) is 1. The number of aromatic nitrogens is 6. The largest absolute Gasteiger partial charge is 0.366 e. The summed E-state index contributed by atoms with van der Waals surface area (Å²) in [6.07, 6.45) is 5.07. The average Bonchev–Trinajstić information content (AvgIpc) is 3.25. The smallest absolute Gasteiger partial charge is 0.224 e. The highest BCUT2D eigenvalue weighted by Crippen LogP contribution is 2.19. The monoisotopic (exact) mass is 319 g/mol. The van der Waals surface area contributed by atoms with Crippen LogP contribution in [0.1, 0.15) is 37.5 Å². The molecule has 2 aromatic heterocycles. The molecule has 0 radical (unpaired) electrons. The highest BCUT2D eigenvalue weighted by molar-refractivity contribution is 5.76. The summed E-state index contributed by atoms with van der Waals surface area (Å²) in [6.45, 7) is 4.20. The molecule has 1 amide bonds. The first-order chi connectivity index (χ1) is 11.3. The summed E-state index contributed by atoms with van der Waals surface area (Å²) in [5, 5.41) is 11.1. The van der Waals surface area contributed by atoms with Crippen molar-refractivity contribution in [3.63, 3.8) is 0 Å². The second-order valence-corrected chi connectivity index (χ2v) is 5.50. The van der Waals surface area contributed by atoms with Gasteiger partial charge < -0.3 is 9.64 Å². The quantitative estimate of drug-likeness (QED) is 0.824.